The monoisotopic (exact) mass is 276 g/mol. The molecule has 2 aromatic rings. The van der Waals surface area contributed by atoms with Crippen LogP contribution >= 0.6 is 0 Å². The molecular formula is C12H12N4O2S. The highest BCUT2D eigenvalue weighted by Gasteiger charge is 2.21. The number of hydrogen-bond acceptors (Lipinski definition) is 4. The van der Waals surface area contributed by atoms with Crippen molar-refractivity contribution in [2.75, 3.05) is 0 Å². The van der Waals surface area contributed by atoms with Crippen LogP contribution in [0, 0.1) is 18.3 Å². The fourth-order valence-electron chi connectivity index (χ4n) is 1.81. The third-order valence-corrected chi connectivity index (χ3v) is 3.73. The number of nitrogens with zero attached hydrogens (tertiary/aromatic N) is 3. The Morgan fingerprint density at radius 2 is 2.11 bits per heavy atom. The van der Waals surface area contributed by atoms with Crippen LogP contribution in [-0.2, 0) is 16.6 Å². The Kier molecular flexibility index (Phi) is 3.38. The number of aromatic nitrogens is 2. The molecular weight excluding hydrogens is 264 g/mol. The molecule has 6 nitrogen and oxygen atoms in total. The van der Waals surface area contributed by atoms with Gasteiger partial charge in [0.25, 0.3) is 10.0 Å². The lowest BCUT2D eigenvalue weighted by atomic mass is 10.1. The average Bonchev–Trinajstić information content (AvgIpc) is 2.75. The van der Waals surface area contributed by atoms with E-state index in [1.807, 2.05) is 31.2 Å². The highest BCUT2D eigenvalue weighted by atomic mass is 32.2. The number of hydrogen-bond donors (Lipinski definition) is 1. The fourth-order valence-corrected chi connectivity index (χ4v) is 2.62. The van der Waals surface area contributed by atoms with E-state index in [1.54, 1.807) is 6.07 Å². The molecule has 0 aliphatic rings. The number of aryl methyl sites for hydroxylation is 1. The second kappa shape index (κ2) is 4.84. The van der Waals surface area contributed by atoms with Gasteiger partial charge in [-0.1, -0.05) is 24.3 Å². The van der Waals surface area contributed by atoms with Gasteiger partial charge in [0.1, 0.15) is 11.6 Å². The number of nitrogens with two attached hydrogens (primary N) is 1. The summed E-state index contributed by atoms with van der Waals surface area (Å²) in [5.41, 5.74) is 1.88. The molecule has 1 aromatic heterocycles. The smallest absolute Gasteiger partial charge is 0.247 e. The van der Waals surface area contributed by atoms with Gasteiger partial charge >= 0.3 is 0 Å². The van der Waals surface area contributed by atoms with Crippen LogP contribution in [0.2, 0.25) is 0 Å². The Balaban J connectivity index is 2.52. The summed E-state index contributed by atoms with van der Waals surface area (Å²) in [6.45, 7) is 2.17. The number of benzene rings is 1. The van der Waals surface area contributed by atoms with Crippen molar-refractivity contribution in [3.8, 4) is 6.07 Å². The summed E-state index contributed by atoms with van der Waals surface area (Å²) >= 11 is 0. The summed E-state index contributed by atoms with van der Waals surface area (Å²) in [4.78, 5) is 0. The molecule has 0 aliphatic heterocycles. The maximum absolute atomic E-state index is 11.5. The minimum Gasteiger partial charge on any atom is -0.247 e. The van der Waals surface area contributed by atoms with Crippen molar-refractivity contribution in [3.63, 3.8) is 0 Å². The summed E-state index contributed by atoms with van der Waals surface area (Å²) in [5.74, 6) is 0. The van der Waals surface area contributed by atoms with Gasteiger partial charge in [0.15, 0.2) is 5.03 Å². The Morgan fingerprint density at radius 3 is 2.68 bits per heavy atom. The second-order valence-electron chi connectivity index (χ2n) is 4.10. The van der Waals surface area contributed by atoms with E-state index in [9.17, 15) is 8.42 Å². The molecule has 2 N–H and O–H groups in total. The number of nitriles is 1. The summed E-state index contributed by atoms with van der Waals surface area (Å²) in [6, 6.07) is 9.32. The second-order valence-corrected chi connectivity index (χ2v) is 5.58. The zero-order valence-electron chi connectivity index (χ0n) is 10.2. The first-order valence-corrected chi connectivity index (χ1v) is 7.01. The molecule has 1 aromatic carbocycles. The van der Waals surface area contributed by atoms with Crippen LogP contribution in [-0.4, -0.2) is 18.2 Å². The highest BCUT2D eigenvalue weighted by Crippen LogP contribution is 2.16. The van der Waals surface area contributed by atoms with Gasteiger partial charge in [-0.15, -0.1) is 0 Å². The normalized spacial score (nSPS) is 11.2. The summed E-state index contributed by atoms with van der Waals surface area (Å²) in [6.07, 6.45) is 1.21. The molecule has 0 aliphatic carbocycles. The SMILES string of the molecule is Cc1ccccc1Cn1ncc(C#N)c1S(N)(=O)=O. The number of sulfonamides is 1. The van der Waals surface area contributed by atoms with Gasteiger partial charge in [-0.05, 0) is 18.1 Å². The third kappa shape index (κ3) is 2.65. The summed E-state index contributed by atoms with van der Waals surface area (Å²) in [7, 11) is -3.99. The van der Waals surface area contributed by atoms with E-state index in [1.165, 1.54) is 10.9 Å². The van der Waals surface area contributed by atoms with Crippen molar-refractivity contribution in [2.45, 2.75) is 18.5 Å². The highest BCUT2D eigenvalue weighted by molar-refractivity contribution is 7.89. The summed E-state index contributed by atoms with van der Waals surface area (Å²) < 4.78 is 24.3. The first-order valence-electron chi connectivity index (χ1n) is 5.46. The molecule has 7 heteroatoms. The Morgan fingerprint density at radius 1 is 1.42 bits per heavy atom. The molecule has 0 saturated heterocycles. The molecule has 2 rings (SSSR count). The lowest BCUT2D eigenvalue weighted by molar-refractivity contribution is 0.563. The van der Waals surface area contributed by atoms with E-state index < -0.39 is 10.0 Å². The predicted octanol–water partition coefficient (Wildman–Crippen LogP) is 0.759. The topological polar surface area (TPSA) is 102 Å². The minimum atomic E-state index is -3.99. The molecule has 0 saturated carbocycles. The average molecular weight is 276 g/mol. The van der Waals surface area contributed by atoms with E-state index in [2.05, 4.69) is 5.10 Å². The molecule has 98 valence electrons. The number of rotatable bonds is 3. The van der Waals surface area contributed by atoms with E-state index in [4.69, 9.17) is 10.4 Å². The lowest BCUT2D eigenvalue weighted by Gasteiger charge is -2.08. The molecule has 0 bridgehead atoms. The maximum atomic E-state index is 11.5. The zero-order chi connectivity index (χ0) is 14.0. The Hall–Kier alpha value is -2.17. The van der Waals surface area contributed by atoms with Crippen molar-refractivity contribution in [1.29, 1.82) is 5.26 Å². The van der Waals surface area contributed by atoms with Crippen molar-refractivity contribution in [2.24, 2.45) is 5.14 Å². The molecule has 0 atom stereocenters. The maximum Gasteiger partial charge on any atom is 0.256 e. The van der Waals surface area contributed by atoms with Gasteiger partial charge < -0.3 is 0 Å². The molecule has 0 radical (unpaired) electrons. The van der Waals surface area contributed by atoms with Gasteiger partial charge in [0.2, 0.25) is 0 Å². The molecule has 0 fully saturated rings. The minimum absolute atomic E-state index is 0.0453. The third-order valence-electron chi connectivity index (χ3n) is 2.76. The van der Waals surface area contributed by atoms with Gasteiger partial charge in [-0.25, -0.2) is 18.2 Å². The molecule has 1 heterocycles. The first kappa shape index (κ1) is 13.3. The van der Waals surface area contributed by atoms with E-state index in [-0.39, 0.29) is 17.1 Å². The zero-order valence-corrected chi connectivity index (χ0v) is 11.1. The van der Waals surface area contributed by atoms with Crippen LogP contribution in [0.5, 0.6) is 0 Å². The molecule has 19 heavy (non-hydrogen) atoms. The standard InChI is InChI=1S/C12H12N4O2S/c1-9-4-2-3-5-10(9)8-16-12(19(14,17)18)11(6-13)7-15-16/h2-5,7H,8H2,1H3,(H2,14,17,18). The van der Waals surface area contributed by atoms with Gasteiger partial charge in [0, 0.05) is 0 Å². The van der Waals surface area contributed by atoms with E-state index in [0.717, 1.165) is 11.1 Å². The van der Waals surface area contributed by atoms with E-state index in [0.29, 0.717) is 0 Å². The van der Waals surface area contributed by atoms with Crippen LogP contribution in [0.15, 0.2) is 35.5 Å². The van der Waals surface area contributed by atoms with Crippen molar-refractivity contribution < 1.29 is 8.42 Å². The van der Waals surface area contributed by atoms with Crippen molar-refractivity contribution >= 4 is 10.0 Å². The van der Waals surface area contributed by atoms with Gasteiger partial charge in [-0.2, -0.15) is 10.4 Å². The van der Waals surface area contributed by atoms with Crippen molar-refractivity contribution in [1.82, 2.24) is 9.78 Å². The first-order chi connectivity index (χ1) is 8.93. The van der Waals surface area contributed by atoms with Crippen LogP contribution < -0.4 is 5.14 Å². The molecule has 0 amide bonds. The lowest BCUT2D eigenvalue weighted by Crippen LogP contribution is -2.19. The van der Waals surface area contributed by atoms with Crippen molar-refractivity contribution in [3.05, 3.63) is 47.2 Å². The van der Waals surface area contributed by atoms with Crippen LogP contribution in [0.4, 0.5) is 0 Å². The summed E-state index contributed by atoms with van der Waals surface area (Å²) in [5, 5.41) is 17.7. The predicted molar refractivity (Wildman–Crippen MR) is 68.6 cm³/mol. The molecule has 0 unspecified atom stereocenters. The van der Waals surface area contributed by atoms with Gasteiger partial charge in [0.05, 0.1) is 12.7 Å². The van der Waals surface area contributed by atoms with Crippen LogP contribution in [0.1, 0.15) is 16.7 Å². The van der Waals surface area contributed by atoms with Crippen LogP contribution in [0.25, 0.3) is 0 Å². The fraction of sp³-hybridized carbons (Fsp3) is 0.167. The molecule has 0 spiro atoms. The van der Waals surface area contributed by atoms with Crippen LogP contribution in [0.3, 0.4) is 0 Å². The Bertz CT molecular complexity index is 756. The Labute approximate surface area is 111 Å². The largest absolute Gasteiger partial charge is 0.256 e. The van der Waals surface area contributed by atoms with Gasteiger partial charge in [-0.3, -0.25) is 0 Å². The van der Waals surface area contributed by atoms with E-state index >= 15 is 0 Å². The number of primary sulfonamides is 1. The quantitative estimate of drug-likeness (QED) is 0.893.